The number of thiophene rings is 1. The van der Waals surface area contributed by atoms with Crippen LogP contribution in [0.15, 0.2) is 59.8 Å². The number of aromatic nitrogens is 6. The number of hydrogen-bond acceptors (Lipinski definition) is 8. The highest BCUT2D eigenvalue weighted by Crippen LogP contribution is 2.43. The number of benzene rings is 1. The number of imidazole rings is 1. The molecule has 5 aromatic rings. The summed E-state index contributed by atoms with van der Waals surface area (Å²) in [6.07, 6.45) is 3.91. The van der Waals surface area contributed by atoms with Gasteiger partial charge < -0.3 is 15.2 Å². The van der Waals surface area contributed by atoms with Gasteiger partial charge in [0.15, 0.2) is 5.65 Å². The van der Waals surface area contributed by atoms with Crippen LogP contribution in [0, 0.1) is 18.8 Å². The van der Waals surface area contributed by atoms with Gasteiger partial charge in [0.1, 0.15) is 22.6 Å². The van der Waals surface area contributed by atoms with Crippen molar-refractivity contribution in [3.05, 3.63) is 88.2 Å². The Hall–Kier alpha value is -4.47. The van der Waals surface area contributed by atoms with E-state index in [9.17, 15) is 9.59 Å². The predicted molar refractivity (Wildman–Crippen MR) is 149 cm³/mol. The lowest BCUT2D eigenvalue weighted by Crippen LogP contribution is -2.48. The van der Waals surface area contributed by atoms with Gasteiger partial charge in [-0.2, -0.15) is 5.10 Å². The summed E-state index contributed by atoms with van der Waals surface area (Å²) < 4.78 is 1.69. The van der Waals surface area contributed by atoms with Crippen molar-refractivity contribution in [2.45, 2.75) is 24.3 Å². The Kier molecular flexibility index (Phi) is 6.60. The molecule has 0 radical (unpaired) electrons. The van der Waals surface area contributed by atoms with Crippen molar-refractivity contribution in [2.24, 2.45) is 0 Å². The summed E-state index contributed by atoms with van der Waals surface area (Å²) in [4.78, 5) is 37.0. The third-order valence-electron chi connectivity index (χ3n) is 6.25. The first-order valence-corrected chi connectivity index (χ1v) is 13.9. The summed E-state index contributed by atoms with van der Waals surface area (Å²) in [5.41, 5.74) is 3.47. The van der Waals surface area contributed by atoms with Crippen LogP contribution in [-0.4, -0.2) is 60.4 Å². The van der Waals surface area contributed by atoms with Gasteiger partial charge in [-0.1, -0.05) is 30.3 Å². The number of carbonyl (C=O) groups is 2. The first-order valence-electron chi connectivity index (χ1n) is 12.1. The molecular formula is C27H22N8O2S2. The Balaban J connectivity index is 1.17. The second kappa shape index (κ2) is 10.4. The largest absolute Gasteiger partial charge is 0.337 e. The fourth-order valence-electron chi connectivity index (χ4n) is 4.20. The van der Waals surface area contributed by atoms with Crippen LogP contribution in [0.5, 0.6) is 0 Å². The van der Waals surface area contributed by atoms with Crippen LogP contribution in [0.3, 0.4) is 0 Å². The molecule has 0 saturated heterocycles. The number of hydrogen-bond donors (Lipinski definition) is 2. The molecule has 1 atom stereocenters. The maximum atomic E-state index is 13.3. The van der Waals surface area contributed by atoms with Crippen molar-refractivity contribution in [1.82, 2.24) is 35.1 Å². The molecular weight excluding hydrogens is 532 g/mol. The number of nitrogens with one attached hydrogen (secondary N) is 2. The molecule has 0 aliphatic carbocycles. The van der Waals surface area contributed by atoms with Gasteiger partial charge in [0.05, 0.1) is 11.1 Å². The van der Waals surface area contributed by atoms with E-state index in [1.54, 1.807) is 28.9 Å². The van der Waals surface area contributed by atoms with E-state index >= 15 is 0 Å². The number of fused-ring (bicyclic) bond motifs is 2. The van der Waals surface area contributed by atoms with Gasteiger partial charge in [0, 0.05) is 30.3 Å². The van der Waals surface area contributed by atoms with Gasteiger partial charge in [-0.05, 0) is 42.0 Å². The minimum absolute atomic E-state index is 0.0797. The van der Waals surface area contributed by atoms with Crippen LogP contribution in [0.4, 0.5) is 5.00 Å². The van der Waals surface area contributed by atoms with Crippen molar-refractivity contribution in [1.29, 1.82) is 0 Å². The third kappa shape index (κ3) is 4.89. The Morgan fingerprint density at radius 1 is 1.18 bits per heavy atom. The molecule has 194 valence electrons. The van der Waals surface area contributed by atoms with E-state index in [4.69, 9.17) is 0 Å². The first-order chi connectivity index (χ1) is 19.0. The highest BCUT2D eigenvalue weighted by Gasteiger charge is 2.33. The number of likely N-dealkylation sites (N-methyl/N-ethyl adjacent to an activating group) is 1. The predicted octanol–water partition coefficient (Wildman–Crippen LogP) is 3.08. The second-order valence-corrected chi connectivity index (χ2v) is 10.9. The lowest BCUT2D eigenvalue weighted by Gasteiger charge is -2.20. The molecule has 0 fully saturated rings. The zero-order chi connectivity index (χ0) is 26.9. The van der Waals surface area contributed by atoms with Crippen molar-refractivity contribution in [3.8, 4) is 11.8 Å². The quantitative estimate of drug-likeness (QED) is 0.328. The van der Waals surface area contributed by atoms with E-state index in [1.165, 1.54) is 23.1 Å². The minimum Gasteiger partial charge on any atom is -0.337 e. The van der Waals surface area contributed by atoms with Crippen molar-refractivity contribution in [2.75, 3.05) is 17.7 Å². The van der Waals surface area contributed by atoms with E-state index in [-0.39, 0.29) is 11.7 Å². The van der Waals surface area contributed by atoms with Gasteiger partial charge in [-0.3, -0.25) is 9.59 Å². The van der Waals surface area contributed by atoms with Gasteiger partial charge in [-0.15, -0.1) is 33.3 Å². The number of carbonyl (C=O) groups excluding carboxylic acids is 2. The van der Waals surface area contributed by atoms with E-state index in [0.717, 1.165) is 31.5 Å². The van der Waals surface area contributed by atoms with Gasteiger partial charge in [0.2, 0.25) is 5.82 Å². The third-order valence-corrected chi connectivity index (χ3v) is 8.95. The normalized spacial score (nSPS) is 15.0. The van der Waals surface area contributed by atoms with Gasteiger partial charge in [-0.25, -0.2) is 9.50 Å². The molecule has 6 rings (SSSR count). The fraction of sp³-hybridized carbons (Fsp3) is 0.185. The van der Waals surface area contributed by atoms with Crippen LogP contribution in [-0.2, 0) is 11.2 Å². The number of amides is 2. The monoisotopic (exact) mass is 554 g/mol. The van der Waals surface area contributed by atoms with Gasteiger partial charge in [0.25, 0.3) is 11.8 Å². The molecule has 0 bridgehead atoms. The summed E-state index contributed by atoms with van der Waals surface area (Å²) in [6.45, 7) is 2.00. The zero-order valence-electron chi connectivity index (χ0n) is 21.0. The number of nitrogens with zero attached hydrogens (tertiary/aromatic N) is 6. The van der Waals surface area contributed by atoms with Crippen LogP contribution in [0.25, 0.3) is 5.65 Å². The molecule has 5 heterocycles. The number of anilines is 1. The number of H-pyrrole nitrogens is 1. The lowest BCUT2D eigenvalue weighted by molar-refractivity contribution is -0.119. The highest BCUT2D eigenvalue weighted by atomic mass is 32.2. The minimum atomic E-state index is -0.715. The summed E-state index contributed by atoms with van der Waals surface area (Å²) in [5.74, 6) is 6.76. The fourth-order valence-corrected chi connectivity index (χ4v) is 6.73. The molecule has 2 amide bonds. The maximum Gasteiger partial charge on any atom is 0.289 e. The summed E-state index contributed by atoms with van der Waals surface area (Å²) >= 11 is 2.99. The summed E-state index contributed by atoms with van der Waals surface area (Å²) in [5, 5.41) is 16.0. The highest BCUT2D eigenvalue weighted by molar-refractivity contribution is 7.99. The molecule has 0 unspecified atom stereocenters. The molecule has 39 heavy (non-hydrogen) atoms. The maximum absolute atomic E-state index is 13.3. The van der Waals surface area contributed by atoms with Gasteiger partial charge >= 0.3 is 0 Å². The topological polar surface area (TPSA) is 121 Å². The molecule has 0 saturated carbocycles. The molecule has 10 nitrogen and oxygen atoms in total. The standard InChI is InChI=1S/C27H22N8O2S2/c1-16-20(11-10-18-14-28-22-9-6-12-29-35(18)22)39-27-23(16)38-15-19(26(37)34(27)2)30-25(36)24-31-21(32-33-24)13-17-7-4-3-5-8-17/h3-9,12,14,19H,13,15H2,1-2H3,(H,30,36)(H,31,32,33)/t19-/m0/s1. The van der Waals surface area contributed by atoms with Crippen molar-refractivity contribution < 1.29 is 9.59 Å². The Bertz CT molecular complexity index is 1760. The van der Waals surface area contributed by atoms with E-state index in [1.807, 2.05) is 49.4 Å². The molecule has 12 heteroatoms. The SMILES string of the molecule is Cc1c(C#Cc2cnc3cccnn23)sc2c1SC[C@H](NC(=O)c1nnc(Cc3ccccc3)[nH]1)C(=O)N2C. The molecule has 2 N–H and O–H groups in total. The Morgan fingerprint density at radius 3 is 2.87 bits per heavy atom. The van der Waals surface area contributed by atoms with Crippen LogP contribution >= 0.6 is 23.1 Å². The van der Waals surface area contributed by atoms with Crippen molar-refractivity contribution in [3.63, 3.8) is 0 Å². The van der Waals surface area contributed by atoms with E-state index in [0.29, 0.717) is 23.7 Å². The average Bonchev–Trinajstić information content (AvgIpc) is 3.65. The van der Waals surface area contributed by atoms with E-state index < -0.39 is 11.9 Å². The molecule has 1 aliphatic rings. The van der Waals surface area contributed by atoms with Crippen molar-refractivity contribution >= 4 is 45.6 Å². The molecule has 4 aromatic heterocycles. The zero-order valence-corrected chi connectivity index (χ0v) is 22.6. The van der Waals surface area contributed by atoms with Crippen LogP contribution in [0.2, 0.25) is 0 Å². The summed E-state index contributed by atoms with van der Waals surface area (Å²) in [7, 11) is 1.72. The average molecular weight is 555 g/mol. The molecule has 1 aliphatic heterocycles. The van der Waals surface area contributed by atoms with Crippen LogP contribution < -0.4 is 10.2 Å². The Labute approximate surface area is 231 Å². The van der Waals surface area contributed by atoms with Crippen LogP contribution in [0.1, 0.15) is 38.1 Å². The Morgan fingerprint density at radius 2 is 2.03 bits per heavy atom. The number of aromatic amines is 1. The first kappa shape index (κ1) is 24.8. The smallest absolute Gasteiger partial charge is 0.289 e. The summed E-state index contributed by atoms with van der Waals surface area (Å²) in [6, 6.07) is 12.8. The van der Waals surface area contributed by atoms with E-state index in [2.05, 4.69) is 42.4 Å². The second-order valence-electron chi connectivity index (χ2n) is 8.89. The number of thioether (sulfide) groups is 1. The lowest BCUT2D eigenvalue weighted by atomic mass is 10.1. The number of rotatable bonds is 4. The molecule has 1 aromatic carbocycles. The molecule has 0 spiro atoms.